The third kappa shape index (κ3) is 3.37. The van der Waals surface area contributed by atoms with Gasteiger partial charge < -0.3 is 9.47 Å². The molecule has 1 aromatic carbocycles. The maximum absolute atomic E-state index is 5.83. The molecule has 3 rings (SSSR count). The van der Waals surface area contributed by atoms with Crippen molar-refractivity contribution in [2.45, 2.75) is 0 Å². The summed E-state index contributed by atoms with van der Waals surface area (Å²) in [6.07, 6.45) is 3.69. The van der Waals surface area contributed by atoms with Gasteiger partial charge in [0, 0.05) is 31.4 Å². The molecule has 5 heteroatoms. The molecule has 0 aliphatic carbocycles. The Bertz CT molecular complexity index is 522. The molecule has 20 heavy (non-hydrogen) atoms. The summed E-state index contributed by atoms with van der Waals surface area (Å²) in [5.74, 6) is 0.900. The van der Waals surface area contributed by atoms with Gasteiger partial charge in [-0.2, -0.15) is 5.10 Å². The lowest BCUT2D eigenvalue weighted by Crippen LogP contribution is -2.38. The van der Waals surface area contributed by atoms with E-state index in [0.717, 1.165) is 49.7 Å². The average Bonchev–Trinajstić information content (AvgIpc) is 3.03. The van der Waals surface area contributed by atoms with E-state index >= 15 is 0 Å². The molecule has 2 aromatic rings. The van der Waals surface area contributed by atoms with Gasteiger partial charge in [0.1, 0.15) is 12.4 Å². The zero-order chi connectivity index (χ0) is 13.6. The predicted molar refractivity (Wildman–Crippen MR) is 76.8 cm³/mol. The molecule has 0 spiro atoms. The number of aromatic amines is 1. The molecular formula is C15H19N3O2. The number of H-pyrrole nitrogens is 1. The van der Waals surface area contributed by atoms with Crippen molar-refractivity contribution in [2.75, 3.05) is 39.5 Å². The Kier molecular flexibility index (Phi) is 4.30. The molecule has 1 N–H and O–H groups in total. The van der Waals surface area contributed by atoms with E-state index in [4.69, 9.17) is 9.47 Å². The van der Waals surface area contributed by atoms with Crippen molar-refractivity contribution >= 4 is 0 Å². The van der Waals surface area contributed by atoms with Crippen LogP contribution in [0.2, 0.25) is 0 Å². The van der Waals surface area contributed by atoms with Gasteiger partial charge in [-0.25, -0.2) is 0 Å². The first-order valence-electron chi connectivity index (χ1n) is 6.94. The largest absolute Gasteiger partial charge is 0.492 e. The van der Waals surface area contributed by atoms with Gasteiger partial charge >= 0.3 is 0 Å². The highest BCUT2D eigenvalue weighted by atomic mass is 16.5. The summed E-state index contributed by atoms with van der Waals surface area (Å²) in [5, 5.41) is 6.79. The van der Waals surface area contributed by atoms with Crippen LogP contribution in [0, 0.1) is 0 Å². The molecule has 5 nitrogen and oxygen atoms in total. The quantitative estimate of drug-likeness (QED) is 0.902. The highest BCUT2D eigenvalue weighted by Crippen LogP contribution is 2.22. The number of rotatable bonds is 5. The Balaban J connectivity index is 1.53. The first kappa shape index (κ1) is 13.1. The van der Waals surface area contributed by atoms with Gasteiger partial charge in [0.05, 0.1) is 19.4 Å². The SMILES string of the molecule is c1cc(OCCN2CCOCC2)cc(-c2cn[nH]c2)c1. The minimum Gasteiger partial charge on any atom is -0.492 e. The average molecular weight is 273 g/mol. The fourth-order valence-electron chi connectivity index (χ4n) is 2.29. The van der Waals surface area contributed by atoms with Crippen LogP contribution in [0.15, 0.2) is 36.7 Å². The number of morpholine rings is 1. The van der Waals surface area contributed by atoms with E-state index in [1.807, 2.05) is 30.6 Å². The lowest BCUT2D eigenvalue weighted by Gasteiger charge is -2.26. The number of hydrogen-bond acceptors (Lipinski definition) is 4. The molecule has 0 bridgehead atoms. The van der Waals surface area contributed by atoms with Crippen LogP contribution >= 0.6 is 0 Å². The molecule has 0 saturated carbocycles. The van der Waals surface area contributed by atoms with Gasteiger partial charge in [0.15, 0.2) is 0 Å². The number of nitrogens with zero attached hydrogens (tertiary/aromatic N) is 2. The second-order valence-electron chi connectivity index (χ2n) is 4.82. The van der Waals surface area contributed by atoms with Crippen LogP contribution in [0.3, 0.4) is 0 Å². The second kappa shape index (κ2) is 6.54. The molecule has 0 amide bonds. The van der Waals surface area contributed by atoms with Crippen LogP contribution in [0.5, 0.6) is 5.75 Å². The monoisotopic (exact) mass is 273 g/mol. The molecule has 1 aromatic heterocycles. The fraction of sp³-hybridized carbons (Fsp3) is 0.400. The third-order valence-corrected chi connectivity index (χ3v) is 3.45. The van der Waals surface area contributed by atoms with Crippen molar-refractivity contribution in [2.24, 2.45) is 0 Å². The Labute approximate surface area is 118 Å². The molecular weight excluding hydrogens is 254 g/mol. The summed E-state index contributed by atoms with van der Waals surface area (Å²) in [4.78, 5) is 2.36. The Hall–Kier alpha value is -1.85. The standard InChI is InChI=1S/C15H19N3O2/c1-2-13(14-11-16-17-12-14)10-15(3-1)20-9-6-18-4-7-19-8-5-18/h1-3,10-12H,4-9H2,(H,16,17). The van der Waals surface area contributed by atoms with Gasteiger partial charge in [0.2, 0.25) is 0 Å². The second-order valence-corrected chi connectivity index (χ2v) is 4.82. The van der Waals surface area contributed by atoms with E-state index < -0.39 is 0 Å². The highest BCUT2D eigenvalue weighted by Gasteiger charge is 2.09. The molecule has 0 unspecified atom stereocenters. The normalized spacial score (nSPS) is 16.2. The van der Waals surface area contributed by atoms with Crippen molar-refractivity contribution in [3.05, 3.63) is 36.7 Å². The van der Waals surface area contributed by atoms with Crippen LogP contribution in [-0.2, 0) is 4.74 Å². The molecule has 1 aliphatic heterocycles. The van der Waals surface area contributed by atoms with Crippen molar-refractivity contribution < 1.29 is 9.47 Å². The number of nitrogens with one attached hydrogen (secondary N) is 1. The number of benzene rings is 1. The molecule has 2 heterocycles. The fourth-order valence-corrected chi connectivity index (χ4v) is 2.29. The van der Waals surface area contributed by atoms with Gasteiger partial charge in [-0.15, -0.1) is 0 Å². The zero-order valence-electron chi connectivity index (χ0n) is 11.4. The molecule has 1 fully saturated rings. The lowest BCUT2D eigenvalue weighted by molar-refractivity contribution is 0.0322. The minimum absolute atomic E-state index is 0.703. The van der Waals surface area contributed by atoms with E-state index in [1.54, 1.807) is 0 Å². The summed E-state index contributed by atoms with van der Waals surface area (Å²) in [7, 11) is 0. The Morgan fingerprint density at radius 2 is 2.15 bits per heavy atom. The van der Waals surface area contributed by atoms with E-state index in [2.05, 4.69) is 21.2 Å². The number of hydrogen-bond donors (Lipinski definition) is 1. The first-order chi connectivity index (χ1) is 9.92. The Morgan fingerprint density at radius 3 is 2.95 bits per heavy atom. The molecule has 1 aliphatic rings. The van der Waals surface area contributed by atoms with Gasteiger partial charge in [-0.1, -0.05) is 12.1 Å². The maximum Gasteiger partial charge on any atom is 0.119 e. The topological polar surface area (TPSA) is 50.4 Å². The number of ether oxygens (including phenoxy) is 2. The van der Waals surface area contributed by atoms with E-state index in [-0.39, 0.29) is 0 Å². The molecule has 106 valence electrons. The summed E-state index contributed by atoms with van der Waals surface area (Å²) >= 11 is 0. The zero-order valence-corrected chi connectivity index (χ0v) is 11.4. The summed E-state index contributed by atoms with van der Waals surface area (Å²) < 4.78 is 11.2. The third-order valence-electron chi connectivity index (χ3n) is 3.45. The van der Waals surface area contributed by atoms with Gasteiger partial charge in [0.25, 0.3) is 0 Å². The van der Waals surface area contributed by atoms with Gasteiger partial charge in [-0.3, -0.25) is 10.00 Å². The van der Waals surface area contributed by atoms with E-state index in [1.165, 1.54) is 0 Å². The van der Waals surface area contributed by atoms with Crippen LogP contribution in [-0.4, -0.2) is 54.6 Å². The number of aromatic nitrogens is 2. The molecule has 1 saturated heterocycles. The lowest BCUT2D eigenvalue weighted by atomic mass is 10.1. The maximum atomic E-state index is 5.83. The van der Waals surface area contributed by atoms with Crippen LogP contribution in [0.4, 0.5) is 0 Å². The van der Waals surface area contributed by atoms with Crippen molar-refractivity contribution in [1.82, 2.24) is 15.1 Å². The first-order valence-corrected chi connectivity index (χ1v) is 6.94. The Morgan fingerprint density at radius 1 is 1.25 bits per heavy atom. The predicted octanol–water partition coefficient (Wildman–Crippen LogP) is 1.79. The van der Waals surface area contributed by atoms with E-state index in [9.17, 15) is 0 Å². The highest BCUT2D eigenvalue weighted by molar-refractivity contribution is 5.63. The van der Waals surface area contributed by atoms with Crippen LogP contribution < -0.4 is 4.74 Å². The summed E-state index contributed by atoms with van der Waals surface area (Å²) in [6.45, 7) is 5.30. The van der Waals surface area contributed by atoms with Crippen LogP contribution in [0.25, 0.3) is 11.1 Å². The smallest absolute Gasteiger partial charge is 0.119 e. The summed E-state index contributed by atoms with van der Waals surface area (Å²) in [5.41, 5.74) is 2.19. The van der Waals surface area contributed by atoms with Crippen molar-refractivity contribution in [3.63, 3.8) is 0 Å². The van der Waals surface area contributed by atoms with Gasteiger partial charge in [-0.05, 0) is 17.7 Å². The molecule has 0 radical (unpaired) electrons. The molecule has 0 atom stereocenters. The minimum atomic E-state index is 0.703. The van der Waals surface area contributed by atoms with Crippen molar-refractivity contribution in [1.29, 1.82) is 0 Å². The summed E-state index contributed by atoms with van der Waals surface area (Å²) in [6, 6.07) is 8.10. The van der Waals surface area contributed by atoms with E-state index in [0.29, 0.717) is 6.61 Å². The van der Waals surface area contributed by atoms with Crippen LogP contribution in [0.1, 0.15) is 0 Å². The van der Waals surface area contributed by atoms with Crippen molar-refractivity contribution in [3.8, 4) is 16.9 Å².